The van der Waals surface area contributed by atoms with Crippen molar-refractivity contribution in [2.45, 2.75) is 65.0 Å². The molecule has 2 amide bonds. The molecule has 2 atom stereocenters. The molecule has 156 valence electrons. The second kappa shape index (κ2) is 11.4. The monoisotopic (exact) mass is 407 g/mol. The second-order valence-electron chi connectivity index (χ2n) is 8.05. The molecular weight excluding hydrogens is 374 g/mol. The summed E-state index contributed by atoms with van der Waals surface area (Å²) in [6, 6.07) is 6.96. The van der Waals surface area contributed by atoms with Crippen LogP contribution in [0, 0.1) is 5.92 Å². The van der Waals surface area contributed by atoms with Crippen molar-refractivity contribution in [2.75, 3.05) is 19.6 Å². The van der Waals surface area contributed by atoms with Gasteiger partial charge in [0, 0.05) is 12.6 Å². The predicted molar refractivity (Wildman–Crippen MR) is 115 cm³/mol. The molecule has 5 nitrogen and oxygen atoms in total. The van der Waals surface area contributed by atoms with E-state index in [0.29, 0.717) is 23.2 Å². The number of hydrogen-bond acceptors (Lipinski definition) is 3. The highest BCUT2D eigenvalue weighted by atomic mass is 35.5. The number of piperidine rings is 1. The zero-order chi connectivity index (χ0) is 20.5. The largest absolute Gasteiger partial charge is 0.354 e. The fourth-order valence-electron chi connectivity index (χ4n) is 3.65. The number of carbonyl (C=O) groups is 2. The fourth-order valence-corrected chi connectivity index (χ4v) is 3.87. The Morgan fingerprint density at radius 3 is 2.64 bits per heavy atom. The first-order chi connectivity index (χ1) is 13.4. The minimum Gasteiger partial charge on any atom is -0.354 e. The van der Waals surface area contributed by atoms with Gasteiger partial charge < -0.3 is 15.5 Å². The van der Waals surface area contributed by atoms with Gasteiger partial charge in [-0.25, -0.2) is 0 Å². The highest BCUT2D eigenvalue weighted by Gasteiger charge is 2.25. The molecule has 0 aromatic heterocycles. The van der Waals surface area contributed by atoms with Crippen LogP contribution < -0.4 is 10.6 Å². The average molecular weight is 408 g/mol. The number of nitrogens with zero attached hydrogens (tertiary/aromatic N) is 1. The zero-order valence-corrected chi connectivity index (χ0v) is 18.1. The standard InChI is InChI=1S/C22H34ClN3O2/c1-16(2)20(25-21(27)18-11-4-5-12-19(18)23)22(28)24-13-7-9-15-26-14-8-6-10-17(26)3/h4-5,11-12,16-17,20H,6-10,13-15H2,1-3H3,(H,24,28)(H,25,27)/t17-,20+/m1/s1. The normalized spacial score (nSPS) is 18.7. The van der Waals surface area contributed by atoms with Crippen LogP contribution in [0.1, 0.15) is 63.2 Å². The molecule has 1 saturated heterocycles. The van der Waals surface area contributed by atoms with E-state index < -0.39 is 6.04 Å². The van der Waals surface area contributed by atoms with E-state index in [9.17, 15) is 9.59 Å². The molecule has 0 aliphatic carbocycles. The lowest BCUT2D eigenvalue weighted by Crippen LogP contribution is -2.50. The van der Waals surface area contributed by atoms with Crippen LogP contribution in [0.2, 0.25) is 5.02 Å². The summed E-state index contributed by atoms with van der Waals surface area (Å²) in [4.78, 5) is 27.6. The van der Waals surface area contributed by atoms with Crippen molar-refractivity contribution in [3.05, 3.63) is 34.9 Å². The van der Waals surface area contributed by atoms with Crippen LogP contribution in [-0.2, 0) is 4.79 Å². The molecule has 1 aliphatic rings. The maximum absolute atomic E-state index is 12.6. The Hall–Kier alpha value is -1.59. The van der Waals surface area contributed by atoms with Crippen molar-refractivity contribution >= 4 is 23.4 Å². The molecule has 0 saturated carbocycles. The molecule has 1 heterocycles. The molecule has 0 unspecified atom stereocenters. The van der Waals surface area contributed by atoms with Crippen LogP contribution in [-0.4, -0.2) is 48.4 Å². The van der Waals surface area contributed by atoms with Crippen molar-refractivity contribution < 1.29 is 9.59 Å². The number of rotatable bonds is 9. The topological polar surface area (TPSA) is 61.4 Å². The maximum Gasteiger partial charge on any atom is 0.253 e. The molecule has 0 bridgehead atoms. The minimum atomic E-state index is -0.578. The van der Waals surface area contributed by atoms with Crippen LogP contribution in [0.4, 0.5) is 0 Å². The minimum absolute atomic E-state index is 0.0133. The lowest BCUT2D eigenvalue weighted by atomic mass is 10.0. The van der Waals surface area contributed by atoms with E-state index in [0.717, 1.165) is 19.4 Å². The third kappa shape index (κ3) is 6.78. The van der Waals surface area contributed by atoms with Gasteiger partial charge in [-0.1, -0.05) is 44.0 Å². The summed E-state index contributed by atoms with van der Waals surface area (Å²) in [7, 11) is 0. The quantitative estimate of drug-likeness (QED) is 0.611. The van der Waals surface area contributed by atoms with E-state index in [1.807, 2.05) is 13.8 Å². The molecule has 6 heteroatoms. The Morgan fingerprint density at radius 1 is 1.21 bits per heavy atom. The summed E-state index contributed by atoms with van der Waals surface area (Å²) in [6.45, 7) is 9.07. The molecule has 2 N–H and O–H groups in total. The van der Waals surface area contributed by atoms with Crippen LogP contribution >= 0.6 is 11.6 Å². The van der Waals surface area contributed by atoms with Crippen molar-refractivity contribution in [1.29, 1.82) is 0 Å². The summed E-state index contributed by atoms with van der Waals surface area (Å²) in [5.41, 5.74) is 0.387. The second-order valence-corrected chi connectivity index (χ2v) is 8.46. The van der Waals surface area contributed by atoms with Gasteiger partial charge in [-0.15, -0.1) is 0 Å². The molecule has 0 radical (unpaired) electrons. The number of halogens is 1. The van der Waals surface area contributed by atoms with E-state index in [-0.39, 0.29) is 17.7 Å². The number of likely N-dealkylation sites (tertiary alicyclic amines) is 1. The number of amides is 2. The summed E-state index contributed by atoms with van der Waals surface area (Å²) < 4.78 is 0. The van der Waals surface area contributed by atoms with Gasteiger partial charge in [0.25, 0.3) is 5.91 Å². The van der Waals surface area contributed by atoms with E-state index in [4.69, 9.17) is 11.6 Å². The van der Waals surface area contributed by atoms with E-state index in [1.165, 1.54) is 25.8 Å². The third-order valence-corrected chi connectivity index (χ3v) is 5.80. The number of unbranched alkanes of at least 4 members (excludes halogenated alkanes) is 1. The van der Waals surface area contributed by atoms with E-state index in [1.54, 1.807) is 24.3 Å². The van der Waals surface area contributed by atoms with Gasteiger partial charge in [0.1, 0.15) is 6.04 Å². The molecule has 1 aromatic carbocycles. The maximum atomic E-state index is 12.6. The predicted octanol–water partition coefficient (Wildman–Crippen LogP) is 3.87. The summed E-state index contributed by atoms with van der Waals surface area (Å²) in [6.07, 6.45) is 5.94. The van der Waals surface area contributed by atoms with Crippen molar-refractivity contribution in [3.63, 3.8) is 0 Å². The smallest absolute Gasteiger partial charge is 0.253 e. The van der Waals surface area contributed by atoms with E-state index in [2.05, 4.69) is 22.5 Å². The molecule has 1 aromatic rings. The van der Waals surface area contributed by atoms with Crippen molar-refractivity contribution in [1.82, 2.24) is 15.5 Å². The Labute approximate surface area is 174 Å². The van der Waals surface area contributed by atoms with Crippen LogP contribution in [0.3, 0.4) is 0 Å². The summed E-state index contributed by atoms with van der Waals surface area (Å²) >= 11 is 6.09. The van der Waals surface area contributed by atoms with Gasteiger partial charge in [-0.05, 0) is 63.7 Å². The van der Waals surface area contributed by atoms with Gasteiger partial charge in [0.2, 0.25) is 5.91 Å². The highest BCUT2D eigenvalue weighted by Crippen LogP contribution is 2.17. The molecule has 1 aliphatic heterocycles. The van der Waals surface area contributed by atoms with Crippen molar-refractivity contribution in [3.8, 4) is 0 Å². The molecule has 2 rings (SSSR count). The first kappa shape index (κ1) is 22.7. The van der Waals surface area contributed by atoms with Crippen LogP contribution in [0.5, 0.6) is 0 Å². The summed E-state index contributed by atoms with van der Waals surface area (Å²) in [5, 5.41) is 6.19. The molecule has 0 spiro atoms. The summed E-state index contributed by atoms with van der Waals surface area (Å²) in [5.74, 6) is -0.471. The van der Waals surface area contributed by atoms with Gasteiger partial charge in [-0.3, -0.25) is 9.59 Å². The van der Waals surface area contributed by atoms with Gasteiger partial charge in [0.05, 0.1) is 10.6 Å². The molecule has 1 fully saturated rings. The number of benzene rings is 1. The average Bonchev–Trinajstić information content (AvgIpc) is 2.67. The SMILES string of the molecule is CC(C)[C@H](NC(=O)c1ccccc1Cl)C(=O)NCCCCN1CCCC[C@H]1C. The Morgan fingerprint density at radius 2 is 1.96 bits per heavy atom. The molecular formula is C22H34ClN3O2. The fraction of sp³-hybridized carbons (Fsp3) is 0.636. The Bertz CT molecular complexity index is 650. The van der Waals surface area contributed by atoms with Gasteiger partial charge in [-0.2, -0.15) is 0 Å². The third-order valence-electron chi connectivity index (χ3n) is 5.47. The Balaban J connectivity index is 1.76. The lowest BCUT2D eigenvalue weighted by Gasteiger charge is -2.33. The first-order valence-corrected chi connectivity index (χ1v) is 10.8. The van der Waals surface area contributed by atoms with Crippen molar-refractivity contribution in [2.24, 2.45) is 5.92 Å². The lowest BCUT2D eigenvalue weighted by molar-refractivity contribution is -0.123. The first-order valence-electron chi connectivity index (χ1n) is 10.5. The van der Waals surface area contributed by atoms with Crippen LogP contribution in [0.25, 0.3) is 0 Å². The van der Waals surface area contributed by atoms with Gasteiger partial charge in [0.15, 0.2) is 0 Å². The number of carbonyl (C=O) groups excluding carboxylic acids is 2. The Kier molecular flexibility index (Phi) is 9.26. The highest BCUT2D eigenvalue weighted by molar-refractivity contribution is 6.33. The van der Waals surface area contributed by atoms with E-state index >= 15 is 0 Å². The number of nitrogens with one attached hydrogen (secondary N) is 2. The molecule has 28 heavy (non-hydrogen) atoms. The van der Waals surface area contributed by atoms with Gasteiger partial charge >= 0.3 is 0 Å². The van der Waals surface area contributed by atoms with Crippen LogP contribution in [0.15, 0.2) is 24.3 Å². The number of hydrogen-bond donors (Lipinski definition) is 2. The zero-order valence-electron chi connectivity index (χ0n) is 17.3.